The molecule has 0 amide bonds. The van der Waals surface area contributed by atoms with Gasteiger partial charge in [-0.05, 0) is 33.0 Å². The average molecular weight is 248 g/mol. The van der Waals surface area contributed by atoms with Gasteiger partial charge in [-0.2, -0.15) is 0 Å². The molecule has 0 aliphatic rings. The van der Waals surface area contributed by atoms with Gasteiger partial charge in [0.15, 0.2) is 0 Å². The maximum absolute atomic E-state index is 11.4. The van der Waals surface area contributed by atoms with E-state index in [1.165, 1.54) is 6.08 Å². The first-order valence-corrected chi connectivity index (χ1v) is 8.53. The van der Waals surface area contributed by atoms with Gasteiger partial charge in [-0.25, -0.2) is 9.37 Å². The van der Waals surface area contributed by atoms with Crippen molar-refractivity contribution in [3.63, 3.8) is 0 Å². The molecular weight excluding hydrogens is 228 g/mol. The standard InChI is InChI=1S/C10H20O5Si/c1-8(5-6-9(12)7-11)10(13)14-15-16(2,3)4/h5,9,11-12H,6-7H2,1-4H3. The summed E-state index contributed by atoms with van der Waals surface area (Å²) in [5.74, 6) is -0.562. The van der Waals surface area contributed by atoms with E-state index in [1.54, 1.807) is 6.92 Å². The highest BCUT2D eigenvalue weighted by Crippen LogP contribution is 2.07. The lowest BCUT2D eigenvalue weighted by molar-refractivity contribution is -0.214. The van der Waals surface area contributed by atoms with Crippen molar-refractivity contribution in [1.29, 1.82) is 0 Å². The Morgan fingerprint density at radius 2 is 2.00 bits per heavy atom. The predicted molar refractivity (Wildman–Crippen MR) is 62.0 cm³/mol. The third kappa shape index (κ3) is 7.58. The molecular formula is C10H20O5Si. The van der Waals surface area contributed by atoms with E-state index in [1.807, 2.05) is 19.6 Å². The van der Waals surface area contributed by atoms with E-state index in [4.69, 9.17) is 14.8 Å². The Kier molecular flexibility index (Phi) is 6.50. The van der Waals surface area contributed by atoms with Crippen LogP contribution in [0.15, 0.2) is 11.6 Å². The second-order valence-corrected chi connectivity index (χ2v) is 8.92. The van der Waals surface area contributed by atoms with Gasteiger partial charge in [0.2, 0.25) is 8.32 Å². The fraction of sp³-hybridized carbons (Fsp3) is 0.700. The molecule has 0 heterocycles. The summed E-state index contributed by atoms with van der Waals surface area (Å²) in [7, 11) is -1.88. The number of carbonyl (C=O) groups excluding carboxylic acids is 1. The Bertz CT molecular complexity index is 256. The zero-order valence-corrected chi connectivity index (χ0v) is 11.2. The summed E-state index contributed by atoms with van der Waals surface area (Å²) < 4.78 is 4.98. The first kappa shape index (κ1) is 15.3. The maximum Gasteiger partial charge on any atom is 0.367 e. The van der Waals surface area contributed by atoms with Crippen LogP contribution in [0.1, 0.15) is 13.3 Å². The van der Waals surface area contributed by atoms with Crippen LogP contribution >= 0.6 is 0 Å². The van der Waals surface area contributed by atoms with Crippen LogP contribution in [-0.4, -0.2) is 37.2 Å². The molecule has 0 aromatic rings. The molecule has 2 N–H and O–H groups in total. The van der Waals surface area contributed by atoms with Crippen LogP contribution in [0.5, 0.6) is 0 Å². The molecule has 0 radical (unpaired) electrons. The van der Waals surface area contributed by atoms with Crippen LogP contribution in [0.4, 0.5) is 0 Å². The molecule has 1 atom stereocenters. The molecule has 0 fully saturated rings. The first-order valence-electron chi connectivity index (χ1n) is 5.12. The van der Waals surface area contributed by atoms with Crippen LogP contribution in [-0.2, 0) is 14.3 Å². The van der Waals surface area contributed by atoms with Gasteiger partial charge in [0.05, 0.1) is 12.7 Å². The molecule has 0 bridgehead atoms. The Morgan fingerprint density at radius 1 is 1.44 bits per heavy atom. The van der Waals surface area contributed by atoms with E-state index in [-0.39, 0.29) is 13.0 Å². The molecule has 0 aliphatic carbocycles. The van der Waals surface area contributed by atoms with E-state index < -0.39 is 20.4 Å². The van der Waals surface area contributed by atoms with Gasteiger partial charge in [0.1, 0.15) is 0 Å². The Morgan fingerprint density at radius 3 is 2.44 bits per heavy atom. The number of carbonyl (C=O) groups is 1. The Labute approximate surface area is 96.7 Å². The molecule has 0 rings (SSSR count). The predicted octanol–water partition coefficient (Wildman–Crippen LogP) is 0.986. The van der Waals surface area contributed by atoms with Crippen molar-refractivity contribution in [2.24, 2.45) is 0 Å². The van der Waals surface area contributed by atoms with Gasteiger partial charge in [-0.1, -0.05) is 6.08 Å². The summed E-state index contributed by atoms with van der Waals surface area (Å²) in [5, 5.41) is 17.7. The van der Waals surface area contributed by atoms with Crippen molar-refractivity contribution in [3.05, 3.63) is 11.6 Å². The van der Waals surface area contributed by atoms with E-state index in [9.17, 15) is 4.79 Å². The number of aliphatic hydroxyl groups is 2. The fourth-order valence-electron chi connectivity index (χ4n) is 0.699. The van der Waals surface area contributed by atoms with Gasteiger partial charge in [-0.15, -0.1) is 0 Å². The summed E-state index contributed by atoms with van der Waals surface area (Å²) in [6, 6.07) is 0. The lowest BCUT2D eigenvalue weighted by Gasteiger charge is -2.14. The SMILES string of the molecule is CC(=CCC(O)CO)C(=O)OO[Si](C)(C)C. The lowest BCUT2D eigenvalue weighted by atomic mass is 10.2. The van der Waals surface area contributed by atoms with Gasteiger partial charge < -0.3 is 15.1 Å². The highest BCUT2D eigenvalue weighted by atomic mass is 28.4. The van der Waals surface area contributed by atoms with E-state index in [2.05, 4.69) is 4.89 Å². The molecule has 0 spiro atoms. The van der Waals surface area contributed by atoms with Crippen molar-refractivity contribution in [2.75, 3.05) is 6.61 Å². The minimum atomic E-state index is -1.88. The minimum Gasteiger partial charge on any atom is -0.394 e. The second-order valence-electron chi connectivity index (χ2n) is 4.53. The third-order valence-corrected chi connectivity index (χ3v) is 2.18. The second kappa shape index (κ2) is 6.80. The minimum absolute atomic E-state index is 0.213. The van der Waals surface area contributed by atoms with Gasteiger partial charge >= 0.3 is 5.97 Å². The fourth-order valence-corrected chi connectivity index (χ4v) is 1.02. The van der Waals surface area contributed by atoms with Gasteiger partial charge in [0, 0.05) is 5.57 Å². The van der Waals surface area contributed by atoms with Crippen LogP contribution in [0.25, 0.3) is 0 Å². The van der Waals surface area contributed by atoms with Crippen LogP contribution in [0.2, 0.25) is 19.6 Å². The van der Waals surface area contributed by atoms with Crippen molar-refractivity contribution in [1.82, 2.24) is 0 Å². The summed E-state index contributed by atoms with van der Waals surface area (Å²) in [5.41, 5.74) is 0.353. The van der Waals surface area contributed by atoms with Gasteiger partial charge in [0.25, 0.3) is 0 Å². The molecule has 0 saturated carbocycles. The van der Waals surface area contributed by atoms with E-state index in [0.29, 0.717) is 5.57 Å². The first-order chi connectivity index (χ1) is 7.26. The normalized spacial score (nSPS) is 14.8. The highest BCUT2D eigenvalue weighted by Gasteiger charge is 2.19. The topological polar surface area (TPSA) is 76.0 Å². The van der Waals surface area contributed by atoms with E-state index >= 15 is 0 Å². The molecule has 6 heteroatoms. The number of aliphatic hydroxyl groups excluding tert-OH is 2. The zero-order chi connectivity index (χ0) is 12.8. The van der Waals surface area contributed by atoms with Crippen molar-refractivity contribution < 1.29 is 24.5 Å². The molecule has 1 unspecified atom stereocenters. The summed E-state index contributed by atoms with van der Waals surface area (Å²) in [6.45, 7) is 6.93. The van der Waals surface area contributed by atoms with Crippen molar-refractivity contribution in [2.45, 2.75) is 39.1 Å². The van der Waals surface area contributed by atoms with Crippen LogP contribution in [0.3, 0.4) is 0 Å². The molecule has 5 nitrogen and oxygen atoms in total. The summed E-state index contributed by atoms with van der Waals surface area (Å²) in [4.78, 5) is 16.0. The summed E-state index contributed by atoms with van der Waals surface area (Å²) >= 11 is 0. The molecule has 0 saturated heterocycles. The molecule has 0 aliphatic heterocycles. The van der Waals surface area contributed by atoms with E-state index in [0.717, 1.165) is 0 Å². The van der Waals surface area contributed by atoms with Crippen LogP contribution in [0, 0.1) is 0 Å². The smallest absolute Gasteiger partial charge is 0.367 e. The molecule has 0 aromatic heterocycles. The maximum atomic E-state index is 11.4. The summed E-state index contributed by atoms with van der Waals surface area (Å²) in [6.07, 6.45) is 0.877. The highest BCUT2D eigenvalue weighted by molar-refractivity contribution is 6.69. The Hall–Kier alpha value is -0.693. The number of rotatable bonds is 6. The zero-order valence-electron chi connectivity index (χ0n) is 10.2. The third-order valence-electron chi connectivity index (χ3n) is 1.60. The number of hydrogen-bond acceptors (Lipinski definition) is 5. The molecule has 0 aromatic carbocycles. The monoisotopic (exact) mass is 248 g/mol. The quantitative estimate of drug-likeness (QED) is 0.317. The number of hydrogen-bond donors (Lipinski definition) is 2. The average Bonchev–Trinajstić information content (AvgIpc) is 2.20. The molecule has 94 valence electrons. The Balaban J connectivity index is 4.08. The molecule has 16 heavy (non-hydrogen) atoms. The van der Waals surface area contributed by atoms with Crippen LogP contribution < -0.4 is 0 Å². The lowest BCUT2D eigenvalue weighted by Crippen LogP contribution is -2.27. The van der Waals surface area contributed by atoms with Gasteiger partial charge in [-0.3, -0.25) is 0 Å². The largest absolute Gasteiger partial charge is 0.394 e. The van der Waals surface area contributed by atoms with Crippen molar-refractivity contribution in [3.8, 4) is 0 Å². The van der Waals surface area contributed by atoms with Crippen molar-refractivity contribution >= 4 is 14.3 Å².